The summed E-state index contributed by atoms with van der Waals surface area (Å²) in [5.74, 6) is 4.17. The van der Waals surface area contributed by atoms with E-state index in [9.17, 15) is 4.79 Å². The Morgan fingerprint density at radius 2 is 2.41 bits per heavy atom. The Kier molecular flexibility index (Phi) is 4.10. The topological polar surface area (TPSA) is 57.8 Å². The molecule has 0 aliphatic heterocycles. The Bertz CT molecular complexity index is 428. The summed E-state index contributed by atoms with van der Waals surface area (Å²) in [5, 5.41) is 3.29. The van der Waals surface area contributed by atoms with Gasteiger partial charge < -0.3 is 10.3 Å². The largest absolute Gasteiger partial charge is 0.367 e. The lowest BCUT2D eigenvalue weighted by Crippen LogP contribution is -2.21. The van der Waals surface area contributed by atoms with E-state index in [1.165, 1.54) is 0 Å². The molecule has 0 bridgehead atoms. The molecular weight excluding hydrogens is 234 g/mol. The number of aromatic amines is 1. The van der Waals surface area contributed by atoms with Crippen LogP contribution in [0.2, 0.25) is 0 Å². The highest BCUT2D eigenvalue weighted by Gasteiger charge is 2.26. The minimum Gasteiger partial charge on any atom is -0.367 e. The van der Waals surface area contributed by atoms with Crippen molar-refractivity contribution in [2.24, 2.45) is 0 Å². The van der Waals surface area contributed by atoms with Crippen molar-refractivity contribution in [3.05, 3.63) is 22.2 Å². The van der Waals surface area contributed by atoms with E-state index in [0.717, 1.165) is 30.2 Å². The number of rotatable bonds is 6. The molecule has 1 aliphatic rings. The van der Waals surface area contributed by atoms with Gasteiger partial charge in [-0.1, -0.05) is 6.92 Å². The number of nitrogens with zero attached hydrogens (tertiary/aromatic N) is 1. The Morgan fingerprint density at radius 1 is 1.65 bits per heavy atom. The Balaban J connectivity index is 2.02. The Labute approximate surface area is 106 Å². The minimum atomic E-state index is -0.0558. The maximum Gasteiger partial charge on any atom is 0.252 e. The molecule has 1 aromatic heterocycles. The number of hydrogen-bond donors (Lipinski definition) is 2. The molecule has 2 N–H and O–H groups in total. The highest BCUT2D eigenvalue weighted by Crippen LogP contribution is 2.37. The fourth-order valence-electron chi connectivity index (χ4n) is 1.69. The van der Waals surface area contributed by atoms with Crippen LogP contribution < -0.4 is 10.9 Å². The van der Waals surface area contributed by atoms with E-state index in [-0.39, 0.29) is 5.56 Å². The summed E-state index contributed by atoms with van der Waals surface area (Å²) in [6.07, 6.45) is 2.29. The molecule has 1 fully saturated rings. The average molecular weight is 253 g/mol. The molecule has 4 nitrogen and oxygen atoms in total. The third-order valence-corrected chi connectivity index (χ3v) is 3.83. The number of hydrogen-bond acceptors (Lipinski definition) is 4. The van der Waals surface area contributed by atoms with E-state index < -0.39 is 0 Å². The van der Waals surface area contributed by atoms with E-state index in [0.29, 0.717) is 17.8 Å². The van der Waals surface area contributed by atoms with Crippen LogP contribution in [0.3, 0.4) is 0 Å². The summed E-state index contributed by atoms with van der Waals surface area (Å²) in [7, 11) is 0. The second-order valence-electron chi connectivity index (χ2n) is 4.49. The predicted octanol–water partition coefficient (Wildman–Crippen LogP) is 2.20. The Hall–Kier alpha value is -0.970. The van der Waals surface area contributed by atoms with Gasteiger partial charge >= 0.3 is 0 Å². The first-order chi connectivity index (χ1) is 8.19. The fourth-order valence-corrected chi connectivity index (χ4v) is 2.36. The molecule has 2 rings (SSSR count). The lowest BCUT2D eigenvalue weighted by molar-refractivity contribution is 0.864. The third-order valence-electron chi connectivity index (χ3n) is 2.69. The number of aromatic nitrogens is 2. The van der Waals surface area contributed by atoms with Crippen LogP contribution in [0.4, 0.5) is 5.82 Å². The molecule has 0 amide bonds. The van der Waals surface area contributed by atoms with Gasteiger partial charge in [0.1, 0.15) is 11.6 Å². The van der Waals surface area contributed by atoms with Gasteiger partial charge in [-0.15, -0.1) is 0 Å². The van der Waals surface area contributed by atoms with Gasteiger partial charge in [-0.25, -0.2) is 4.98 Å². The molecule has 17 heavy (non-hydrogen) atoms. The second kappa shape index (κ2) is 5.58. The lowest BCUT2D eigenvalue weighted by Gasteiger charge is -2.13. The number of thioether (sulfide) groups is 1. The molecule has 1 unspecified atom stereocenters. The van der Waals surface area contributed by atoms with Gasteiger partial charge in [-0.05, 0) is 25.5 Å². The molecule has 0 spiro atoms. The zero-order valence-electron chi connectivity index (χ0n) is 10.3. The monoisotopic (exact) mass is 253 g/mol. The van der Waals surface area contributed by atoms with Crippen molar-refractivity contribution in [2.45, 2.75) is 38.6 Å². The van der Waals surface area contributed by atoms with Crippen molar-refractivity contribution >= 4 is 17.6 Å². The summed E-state index contributed by atoms with van der Waals surface area (Å²) in [6.45, 7) is 4.26. The number of nitrogens with one attached hydrogen (secondary N) is 2. The van der Waals surface area contributed by atoms with Crippen LogP contribution in [0.1, 0.15) is 38.4 Å². The smallest absolute Gasteiger partial charge is 0.252 e. The predicted molar refractivity (Wildman–Crippen MR) is 72.9 cm³/mol. The van der Waals surface area contributed by atoms with Crippen LogP contribution in [0.25, 0.3) is 0 Å². The summed E-state index contributed by atoms with van der Waals surface area (Å²) in [5.41, 5.74) is -0.0558. The summed E-state index contributed by atoms with van der Waals surface area (Å²) in [4.78, 5) is 18.8. The molecule has 0 radical (unpaired) electrons. The van der Waals surface area contributed by atoms with E-state index >= 15 is 0 Å². The minimum absolute atomic E-state index is 0.0558. The maximum atomic E-state index is 11.5. The van der Waals surface area contributed by atoms with E-state index in [1.807, 2.05) is 11.8 Å². The van der Waals surface area contributed by atoms with Gasteiger partial charge in [0, 0.05) is 23.8 Å². The van der Waals surface area contributed by atoms with Crippen molar-refractivity contribution in [1.82, 2.24) is 9.97 Å². The molecule has 0 saturated heterocycles. The summed E-state index contributed by atoms with van der Waals surface area (Å²) < 4.78 is 0. The van der Waals surface area contributed by atoms with Crippen LogP contribution in [0.15, 0.2) is 10.9 Å². The summed E-state index contributed by atoms with van der Waals surface area (Å²) in [6, 6.07) is 1.88. The molecular formula is C12H19N3OS. The van der Waals surface area contributed by atoms with Crippen molar-refractivity contribution < 1.29 is 0 Å². The first-order valence-corrected chi connectivity index (χ1v) is 7.30. The van der Waals surface area contributed by atoms with Gasteiger partial charge in [-0.3, -0.25) is 4.79 Å². The second-order valence-corrected chi connectivity index (χ2v) is 5.81. The number of H-pyrrole nitrogens is 1. The standard InChI is InChI=1S/C12H19N3OS/c1-3-17-7-8(2)13-10-6-11(16)15-12(14-10)9-4-5-9/h6,8-9H,3-5,7H2,1-2H3,(H2,13,14,15,16). The van der Waals surface area contributed by atoms with Crippen molar-refractivity contribution in [1.29, 1.82) is 0 Å². The van der Waals surface area contributed by atoms with Gasteiger partial charge in [0.25, 0.3) is 5.56 Å². The maximum absolute atomic E-state index is 11.5. The molecule has 1 heterocycles. The molecule has 1 aromatic rings. The quantitative estimate of drug-likeness (QED) is 0.816. The molecule has 1 saturated carbocycles. The normalized spacial score (nSPS) is 16.8. The lowest BCUT2D eigenvalue weighted by atomic mass is 10.3. The van der Waals surface area contributed by atoms with Crippen molar-refractivity contribution in [3.8, 4) is 0 Å². The van der Waals surface area contributed by atoms with E-state index in [2.05, 4.69) is 29.1 Å². The molecule has 1 aliphatic carbocycles. The highest BCUT2D eigenvalue weighted by molar-refractivity contribution is 7.99. The zero-order chi connectivity index (χ0) is 12.3. The van der Waals surface area contributed by atoms with E-state index in [1.54, 1.807) is 6.07 Å². The number of anilines is 1. The van der Waals surface area contributed by atoms with Crippen molar-refractivity contribution in [3.63, 3.8) is 0 Å². The van der Waals surface area contributed by atoms with Gasteiger partial charge in [0.2, 0.25) is 0 Å². The highest BCUT2D eigenvalue weighted by atomic mass is 32.2. The van der Waals surface area contributed by atoms with Crippen LogP contribution in [-0.2, 0) is 0 Å². The Morgan fingerprint density at radius 3 is 3.06 bits per heavy atom. The van der Waals surface area contributed by atoms with Crippen LogP contribution >= 0.6 is 11.8 Å². The van der Waals surface area contributed by atoms with E-state index in [4.69, 9.17) is 0 Å². The van der Waals surface area contributed by atoms with Crippen LogP contribution in [0, 0.1) is 0 Å². The van der Waals surface area contributed by atoms with Crippen molar-refractivity contribution in [2.75, 3.05) is 16.8 Å². The third kappa shape index (κ3) is 3.77. The SMILES string of the molecule is CCSCC(C)Nc1cc(=O)[nH]c(C2CC2)n1. The van der Waals surface area contributed by atoms with Gasteiger partial charge in [-0.2, -0.15) is 11.8 Å². The molecule has 0 aromatic carbocycles. The molecule has 94 valence electrons. The first kappa shape index (κ1) is 12.5. The van der Waals surface area contributed by atoms with Crippen LogP contribution in [0.5, 0.6) is 0 Å². The zero-order valence-corrected chi connectivity index (χ0v) is 11.1. The molecule has 1 atom stereocenters. The fraction of sp³-hybridized carbons (Fsp3) is 0.667. The molecule has 5 heteroatoms. The van der Waals surface area contributed by atoms with Gasteiger partial charge in [0.05, 0.1) is 0 Å². The average Bonchev–Trinajstić information content (AvgIpc) is 3.09. The van der Waals surface area contributed by atoms with Crippen LogP contribution in [-0.4, -0.2) is 27.5 Å². The summed E-state index contributed by atoms with van der Waals surface area (Å²) >= 11 is 1.89. The first-order valence-electron chi connectivity index (χ1n) is 6.14. The van der Waals surface area contributed by atoms with Gasteiger partial charge in [0.15, 0.2) is 0 Å².